The maximum absolute atomic E-state index is 11.8. The van der Waals surface area contributed by atoms with Crippen molar-refractivity contribution in [1.82, 2.24) is 0 Å². The van der Waals surface area contributed by atoms with Crippen molar-refractivity contribution in [3.8, 4) is 0 Å². The zero-order valence-electron chi connectivity index (χ0n) is 7.62. The molecule has 1 heterocycles. The molecule has 0 aromatic rings. The third kappa shape index (κ3) is 3.26. The van der Waals surface area contributed by atoms with E-state index in [2.05, 4.69) is 0 Å². The molecule has 1 rings (SSSR count). The van der Waals surface area contributed by atoms with Crippen LogP contribution in [0.4, 0.5) is 0 Å². The van der Waals surface area contributed by atoms with E-state index >= 15 is 0 Å². The predicted octanol–water partition coefficient (Wildman–Crippen LogP) is 2.81. The van der Waals surface area contributed by atoms with Gasteiger partial charge in [0.1, 0.15) is 0 Å². The Bertz CT molecular complexity index is 158. The molecule has 1 aliphatic heterocycles. The van der Waals surface area contributed by atoms with E-state index in [-0.39, 0.29) is 0 Å². The average Bonchev–Trinajstić information content (AvgIpc) is 1.99. The Hall–Kier alpha value is 0.150. The highest BCUT2D eigenvalue weighted by atomic mass is 31.2. The first-order valence-corrected chi connectivity index (χ1v) is 6.38. The van der Waals surface area contributed by atoms with Gasteiger partial charge in [-0.25, -0.2) is 0 Å². The van der Waals surface area contributed by atoms with Crippen molar-refractivity contribution >= 4 is 7.60 Å². The number of hydrogen-bond acceptors (Lipinski definition) is 3. The highest BCUT2D eigenvalue weighted by Crippen LogP contribution is 2.49. The molecule has 0 N–H and O–H groups in total. The lowest BCUT2D eigenvalue weighted by Crippen LogP contribution is -2.04. The van der Waals surface area contributed by atoms with Gasteiger partial charge in [0.05, 0.1) is 19.4 Å². The fourth-order valence-electron chi connectivity index (χ4n) is 1.33. The van der Waals surface area contributed by atoms with Crippen LogP contribution in [0.5, 0.6) is 0 Å². The first-order valence-electron chi connectivity index (χ1n) is 4.65. The Morgan fingerprint density at radius 3 is 2.83 bits per heavy atom. The zero-order valence-corrected chi connectivity index (χ0v) is 8.52. The molecule has 1 saturated heterocycles. The van der Waals surface area contributed by atoms with Crippen molar-refractivity contribution in [3.05, 3.63) is 0 Å². The Labute approximate surface area is 74.0 Å². The van der Waals surface area contributed by atoms with Crippen LogP contribution in [0.3, 0.4) is 0 Å². The van der Waals surface area contributed by atoms with Crippen molar-refractivity contribution in [3.63, 3.8) is 0 Å². The normalized spacial score (nSPS) is 32.4. The molecule has 1 atom stereocenters. The quantitative estimate of drug-likeness (QED) is 0.631. The van der Waals surface area contributed by atoms with E-state index in [1.807, 2.05) is 6.92 Å². The largest absolute Gasteiger partial charge is 0.330 e. The van der Waals surface area contributed by atoms with E-state index in [1.54, 1.807) is 0 Å². The summed E-state index contributed by atoms with van der Waals surface area (Å²) < 4.78 is 22.1. The van der Waals surface area contributed by atoms with Crippen LogP contribution in [0.25, 0.3) is 0 Å². The van der Waals surface area contributed by atoms with E-state index in [1.165, 1.54) is 6.42 Å². The van der Waals surface area contributed by atoms with Gasteiger partial charge in [-0.1, -0.05) is 12.8 Å². The lowest BCUT2D eigenvalue weighted by Gasteiger charge is -2.19. The second kappa shape index (κ2) is 5.00. The van der Waals surface area contributed by atoms with Crippen LogP contribution >= 0.6 is 7.60 Å². The fraction of sp³-hybridized carbons (Fsp3) is 1.00. The second-order valence-electron chi connectivity index (χ2n) is 3.00. The van der Waals surface area contributed by atoms with Gasteiger partial charge in [0.15, 0.2) is 0 Å². The van der Waals surface area contributed by atoms with Gasteiger partial charge in [0.2, 0.25) is 0 Å². The zero-order chi connectivity index (χ0) is 8.86. The van der Waals surface area contributed by atoms with Gasteiger partial charge in [-0.15, -0.1) is 0 Å². The van der Waals surface area contributed by atoms with Gasteiger partial charge in [-0.2, -0.15) is 0 Å². The lowest BCUT2D eigenvalue weighted by molar-refractivity contribution is 0.202. The first kappa shape index (κ1) is 10.2. The molecular formula is C8H17O3P. The summed E-state index contributed by atoms with van der Waals surface area (Å²) in [6.07, 6.45) is 4.92. The highest BCUT2D eigenvalue weighted by Gasteiger charge is 2.24. The molecule has 3 nitrogen and oxygen atoms in total. The topological polar surface area (TPSA) is 35.5 Å². The molecular weight excluding hydrogens is 175 g/mol. The summed E-state index contributed by atoms with van der Waals surface area (Å²) in [6.45, 7) is 2.93. The van der Waals surface area contributed by atoms with E-state index in [0.717, 1.165) is 19.3 Å². The SMILES string of the molecule is CCOP1(=O)CCCCCCO1. The van der Waals surface area contributed by atoms with Gasteiger partial charge in [-0.05, 0) is 19.8 Å². The maximum atomic E-state index is 11.8. The molecule has 0 bridgehead atoms. The summed E-state index contributed by atoms with van der Waals surface area (Å²) in [6, 6.07) is 0. The Morgan fingerprint density at radius 1 is 1.33 bits per heavy atom. The van der Waals surface area contributed by atoms with Crippen LogP contribution in [0.1, 0.15) is 32.6 Å². The summed E-state index contributed by atoms with van der Waals surface area (Å²) in [4.78, 5) is 0. The van der Waals surface area contributed by atoms with E-state index < -0.39 is 7.60 Å². The highest BCUT2D eigenvalue weighted by molar-refractivity contribution is 7.53. The third-order valence-electron chi connectivity index (χ3n) is 1.94. The summed E-state index contributed by atoms with van der Waals surface area (Å²) in [7, 11) is -2.68. The molecule has 0 aromatic carbocycles. The Morgan fingerprint density at radius 2 is 2.08 bits per heavy atom. The maximum Gasteiger partial charge on any atom is 0.330 e. The molecule has 0 saturated carbocycles. The summed E-state index contributed by atoms with van der Waals surface area (Å²) in [5.41, 5.74) is 0. The Balaban J connectivity index is 2.42. The van der Waals surface area contributed by atoms with E-state index in [4.69, 9.17) is 9.05 Å². The van der Waals surface area contributed by atoms with Gasteiger partial charge in [0.25, 0.3) is 0 Å². The van der Waals surface area contributed by atoms with E-state index in [9.17, 15) is 4.57 Å². The van der Waals surface area contributed by atoms with Crippen LogP contribution in [0.2, 0.25) is 0 Å². The summed E-state index contributed by atoms with van der Waals surface area (Å²) in [5.74, 6) is 0. The molecule has 0 aromatic heterocycles. The number of hydrogen-bond donors (Lipinski definition) is 0. The van der Waals surface area contributed by atoms with Crippen molar-refractivity contribution in [1.29, 1.82) is 0 Å². The van der Waals surface area contributed by atoms with Gasteiger partial charge >= 0.3 is 7.60 Å². The number of rotatable bonds is 2. The molecule has 72 valence electrons. The average molecular weight is 192 g/mol. The monoisotopic (exact) mass is 192 g/mol. The molecule has 1 fully saturated rings. The Kier molecular flexibility index (Phi) is 4.27. The summed E-state index contributed by atoms with van der Waals surface area (Å²) in [5, 5.41) is 0. The fourth-order valence-corrected chi connectivity index (χ4v) is 3.07. The minimum Gasteiger partial charge on any atom is -0.309 e. The predicted molar refractivity (Wildman–Crippen MR) is 48.5 cm³/mol. The van der Waals surface area contributed by atoms with Crippen molar-refractivity contribution in [2.45, 2.75) is 32.6 Å². The van der Waals surface area contributed by atoms with Crippen LogP contribution in [0, 0.1) is 0 Å². The van der Waals surface area contributed by atoms with Gasteiger partial charge < -0.3 is 9.05 Å². The molecule has 4 heteroatoms. The minimum absolute atomic E-state index is 0.483. The lowest BCUT2D eigenvalue weighted by atomic mass is 10.2. The molecule has 12 heavy (non-hydrogen) atoms. The van der Waals surface area contributed by atoms with Crippen molar-refractivity contribution < 1.29 is 13.6 Å². The molecule has 0 aliphatic carbocycles. The smallest absolute Gasteiger partial charge is 0.309 e. The first-order chi connectivity index (χ1) is 5.77. The van der Waals surface area contributed by atoms with Gasteiger partial charge in [-0.3, -0.25) is 4.57 Å². The van der Waals surface area contributed by atoms with Crippen molar-refractivity contribution in [2.24, 2.45) is 0 Å². The third-order valence-corrected chi connectivity index (χ3v) is 4.03. The molecule has 0 amide bonds. The summed E-state index contributed by atoms with van der Waals surface area (Å²) >= 11 is 0. The van der Waals surface area contributed by atoms with Crippen LogP contribution in [0.15, 0.2) is 0 Å². The van der Waals surface area contributed by atoms with E-state index in [0.29, 0.717) is 19.4 Å². The minimum atomic E-state index is -2.68. The van der Waals surface area contributed by atoms with Crippen LogP contribution in [-0.2, 0) is 13.6 Å². The molecule has 0 spiro atoms. The van der Waals surface area contributed by atoms with Gasteiger partial charge in [0, 0.05) is 0 Å². The van der Waals surface area contributed by atoms with Crippen LogP contribution < -0.4 is 0 Å². The van der Waals surface area contributed by atoms with Crippen molar-refractivity contribution in [2.75, 3.05) is 19.4 Å². The molecule has 1 aliphatic rings. The van der Waals surface area contributed by atoms with Crippen LogP contribution in [-0.4, -0.2) is 19.4 Å². The second-order valence-corrected chi connectivity index (χ2v) is 5.19. The molecule has 0 radical (unpaired) electrons. The standard InChI is InChI=1S/C8H17O3P/c1-2-10-12(9)8-6-4-3-5-7-11-12/h2-8H2,1H3. The molecule has 1 unspecified atom stereocenters.